The summed E-state index contributed by atoms with van der Waals surface area (Å²) in [5.74, 6) is 0.837. The summed E-state index contributed by atoms with van der Waals surface area (Å²) < 4.78 is 16.8. The summed E-state index contributed by atoms with van der Waals surface area (Å²) >= 11 is 0. The van der Waals surface area contributed by atoms with E-state index < -0.39 is 6.10 Å². The molecule has 0 aromatic heterocycles. The van der Waals surface area contributed by atoms with Gasteiger partial charge in [-0.2, -0.15) is 0 Å². The van der Waals surface area contributed by atoms with Crippen molar-refractivity contribution in [1.29, 1.82) is 0 Å². The summed E-state index contributed by atoms with van der Waals surface area (Å²) in [5.41, 5.74) is 0. The number of ether oxygens (including phenoxy) is 3. The average molecular weight is 779 g/mol. The number of esters is 3. The van der Waals surface area contributed by atoms with Gasteiger partial charge in [-0.05, 0) is 31.1 Å². The van der Waals surface area contributed by atoms with Crippen LogP contribution in [0.5, 0.6) is 0 Å². The Labute approximate surface area is 342 Å². The number of carbonyl (C=O) groups is 3. The van der Waals surface area contributed by atoms with Crippen LogP contribution in [0.25, 0.3) is 0 Å². The fourth-order valence-corrected chi connectivity index (χ4v) is 7.22. The number of unbranched alkanes of at least 4 members (excludes halogenated alkanes) is 26. The highest BCUT2D eigenvalue weighted by Crippen LogP contribution is 2.18. The van der Waals surface area contributed by atoms with Crippen LogP contribution < -0.4 is 0 Å². The van der Waals surface area contributed by atoms with Crippen molar-refractivity contribution in [3.8, 4) is 0 Å². The lowest BCUT2D eigenvalue weighted by atomic mass is 9.99. The number of hydrogen-bond donors (Lipinski definition) is 0. The van der Waals surface area contributed by atoms with Crippen molar-refractivity contribution < 1.29 is 28.6 Å². The van der Waals surface area contributed by atoms with Gasteiger partial charge < -0.3 is 14.2 Å². The molecule has 0 amide bonds. The Morgan fingerprint density at radius 3 is 0.945 bits per heavy atom. The van der Waals surface area contributed by atoms with E-state index in [-0.39, 0.29) is 31.1 Å². The molecule has 0 aliphatic rings. The zero-order valence-electron chi connectivity index (χ0n) is 37.6. The Morgan fingerprint density at radius 1 is 0.364 bits per heavy atom. The monoisotopic (exact) mass is 779 g/mol. The first-order valence-corrected chi connectivity index (χ1v) is 24.3. The third-order valence-corrected chi connectivity index (χ3v) is 11.7. The van der Waals surface area contributed by atoms with Crippen molar-refractivity contribution in [1.82, 2.24) is 0 Å². The molecule has 0 radical (unpaired) electrons. The van der Waals surface area contributed by atoms with Gasteiger partial charge in [0.1, 0.15) is 13.2 Å². The Morgan fingerprint density at radius 2 is 0.636 bits per heavy atom. The average Bonchev–Trinajstić information content (AvgIpc) is 3.18. The van der Waals surface area contributed by atoms with E-state index in [1.165, 1.54) is 154 Å². The molecule has 0 saturated heterocycles. The van der Waals surface area contributed by atoms with Crippen LogP contribution in [0.15, 0.2) is 0 Å². The maximum absolute atomic E-state index is 12.7. The molecule has 55 heavy (non-hydrogen) atoms. The molecule has 326 valence electrons. The van der Waals surface area contributed by atoms with Crippen LogP contribution in [0.4, 0.5) is 0 Å². The molecule has 2 unspecified atom stereocenters. The Kier molecular flexibility index (Phi) is 40.8. The molecule has 0 bridgehead atoms. The largest absolute Gasteiger partial charge is 0.462 e. The molecule has 0 spiro atoms. The van der Waals surface area contributed by atoms with Gasteiger partial charge in [0.2, 0.25) is 0 Å². The first-order chi connectivity index (χ1) is 26.8. The second-order valence-corrected chi connectivity index (χ2v) is 17.2. The fourth-order valence-electron chi connectivity index (χ4n) is 7.22. The molecule has 6 heteroatoms. The number of rotatable bonds is 43. The van der Waals surface area contributed by atoms with Gasteiger partial charge in [0, 0.05) is 19.3 Å². The van der Waals surface area contributed by atoms with Crippen LogP contribution in [0, 0.1) is 11.8 Å². The topological polar surface area (TPSA) is 78.9 Å². The summed E-state index contributed by atoms with van der Waals surface area (Å²) in [5, 5.41) is 0. The zero-order valence-corrected chi connectivity index (χ0v) is 37.6. The first kappa shape index (κ1) is 53.4. The Balaban J connectivity index is 4.35. The summed E-state index contributed by atoms with van der Waals surface area (Å²) in [6, 6.07) is 0. The summed E-state index contributed by atoms with van der Waals surface area (Å²) in [6.07, 6.45) is 40.7. The molecular weight excluding hydrogens is 685 g/mol. The summed E-state index contributed by atoms with van der Waals surface area (Å²) in [7, 11) is 0. The summed E-state index contributed by atoms with van der Waals surface area (Å²) in [6.45, 7) is 11.4. The molecule has 3 atom stereocenters. The number of carbonyl (C=O) groups excluding carboxylic acids is 3. The van der Waals surface area contributed by atoms with Gasteiger partial charge in [0.05, 0.1) is 0 Å². The highest BCUT2D eigenvalue weighted by atomic mass is 16.6. The predicted octanol–water partition coefficient (Wildman–Crippen LogP) is 15.4. The van der Waals surface area contributed by atoms with Gasteiger partial charge in [-0.25, -0.2) is 0 Å². The van der Waals surface area contributed by atoms with Crippen LogP contribution >= 0.6 is 0 Å². The second-order valence-electron chi connectivity index (χ2n) is 17.2. The van der Waals surface area contributed by atoms with E-state index in [2.05, 4.69) is 34.6 Å². The minimum Gasteiger partial charge on any atom is -0.462 e. The van der Waals surface area contributed by atoms with E-state index in [0.717, 1.165) is 69.6 Å². The first-order valence-electron chi connectivity index (χ1n) is 24.3. The van der Waals surface area contributed by atoms with Crippen molar-refractivity contribution in [2.75, 3.05) is 13.2 Å². The molecule has 0 N–H and O–H groups in total. The lowest BCUT2D eigenvalue weighted by Crippen LogP contribution is -2.30. The summed E-state index contributed by atoms with van der Waals surface area (Å²) in [4.78, 5) is 37.8. The molecule has 0 rings (SSSR count). The third kappa shape index (κ3) is 40.4. The predicted molar refractivity (Wildman–Crippen MR) is 233 cm³/mol. The molecule has 0 saturated carbocycles. The van der Waals surface area contributed by atoms with Gasteiger partial charge in [0.25, 0.3) is 0 Å². The fraction of sp³-hybridized carbons (Fsp3) is 0.939. The third-order valence-electron chi connectivity index (χ3n) is 11.7. The lowest BCUT2D eigenvalue weighted by molar-refractivity contribution is -0.167. The normalized spacial score (nSPS) is 13.0. The van der Waals surface area contributed by atoms with E-state index in [1.807, 2.05) is 0 Å². The molecule has 0 fully saturated rings. The van der Waals surface area contributed by atoms with Crippen LogP contribution in [0.1, 0.15) is 266 Å². The quantitative estimate of drug-likeness (QED) is 0.0348. The van der Waals surface area contributed by atoms with Gasteiger partial charge >= 0.3 is 17.9 Å². The highest BCUT2D eigenvalue weighted by Gasteiger charge is 2.19. The van der Waals surface area contributed by atoms with Gasteiger partial charge in [-0.15, -0.1) is 0 Å². The molecule has 0 heterocycles. The van der Waals surface area contributed by atoms with E-state index in [9.17, 15) is 14.4 Å². The van der Waals surface area contributed by atoms with Gasteiger partial charge in [-0.1, -0.05) is 227 Å². The van der Waals surface area contributed by atoms with E-state index in [0.29, 0.717) is 19.3 Å². The molecule has 0 aliphatic carbocycles. The van der Waals surface area contributed by atoms with Crippen LogP contribution in [-0.2, 0) is 28.6 Å². The molecule has 6 nitrogen and oxygen atoms in total. The van der Waals surface area contributed by atoms with E-state index in [4.69, 9.17) is 14.2 Å². The molecular formula is C49H94O6. The van der Waals surface area contributed by atoms with Crippen LogP contribution in [0.2, 0.25) is 0 Å². The van der Waals surface area contributed by atoms with Crippen molar-refractivity contribution in [3.63, 3.8) is 0 Å². The van der Waals surface area contributed by atoms with Gasteiger partial charge in [-0.3, -0.25) is 14.4 Å². The van der Waals surface area contributed by atoms with E-state index >= 15 is 0 Å². The van der Waals surface area contributed by atoms with Crippen LogP contribution in [-0.4, -0.2) is 37.2 Å². The lowest BCUT2D eigenvalue weighted by Gasteiger charge is -2.18. The zero-order chi connectivity index (χ0) is 40.5. The minimum atomic E-state index is -0.761. The van der Waals surface area contributed by atoms with Crippen molar-refractivity contribution in [2.45, 2.75) is 272 Å². The van der Waals surface area contributed by atoms with Crippen molar-refractivity contribution in [2.24, 2.45) is 11.8 Å². The minimum absolute atomic E-state index is 0.0648. The van der Waals surface area contributed by atoms with Crippen molar-refractivity contribution in [3.05, 3.63) is 0 Å². The van der Waals surface area contributed by atoms with Crippen LogP contribution in [0.3, 0.4) is 0 Å². The smallest absolute Gasteiger partial charge is 0.306 e. The molecule has 0 aromatic carbocycles. The maximum atomic E-state index is 12.7. The standard InChI is InChI=1S/C49H94O6/c1-6-9-10-11-12-13-14-15-16-17-24-29-34-39-47(50)53-42-46(55-49(52)41-36-31-26-21-19-23-28-33-38-45(5)8-3)43-54-48(51)40-35-30-25-20-18-22-27-32-37-44(4)7-2/h44-46H,6-43H2,1-5H3/t44?,45?,46-/m1/s1. The Hall–Kier alpha value is -1.59. The van der Waals surface area contributed by atoms with Gasteiger partial charge in [0.15, 0.2) is 6.10 Å². The highest BCUT2D eigenvalue weighted by molar-refractivity contribution is 5.71. The van der Waals surface area contributed by atoms with Crippen molar-refractivity contribution >= 4 is 17.9 Å². The SMILES string of the molecule is CCCCCCCCCCCCCCCC(=O)OC[C@H](COC(=O)CCCCCCCCCCC(C)CC)OC(=O)CCCCCCCCCCC(C)CC. The Bertz CT molecular complexity index is 843. The second kappa shape index (κ2) is 42.0. The number of hydrogen-bond acceptors (Lipinski definition) is 6. The van der Waals surface area contributed by atoms with E-state index in [1.54, 1.807) is 0 Å². The maximum Gasteiger partial charge on any atom is 0.306 e. The molecule has 0 aromatic rings. The molecule has 0 aliphatic heterocycles.